The van der Waals surface area contributed by atoms with Crippen molar-refractivity contribution >= 4 is 11.8 Å². The Morgan fingerprint density at radius 3 is 2.30 bits per heavy atom. The third kappa shape index (κ3) is 5.32. The number of rotatable bonds is 5. The Labute approximate surface area is 162 Å². The third-order valence-electron chi connectivity index (χ3n) is 5.70. The van der Waals surface area contributed by atoms with Crippen LogP contribution < -0.4 is 0 Å². The number of carbonyl (C=O) groups is 2. The van der Waals surface area contributed by atoms with E-state index in [-0.39, 0.29) is 17.7 Å². The molecule has 1 N–H and O–H groups in total. The van der Waals surface area contributed by atoms with E-state index in [1.165, 1.54) is 0 Å². The van der Waals surface area contributed by atoms with Crippen molar-refractivity contribution in [1.82, 2.24) is 9.80 Å². The number of piperidine rings is 1. The van der Waals surface area contributed by atoms with Gasteiger partial charge in [-0.25, -0.2) is 0 Å². The van der Waals surface area contributed by atoms with Gasteiger partial charge in [0.15, 0.2) is 0 Å². The molecule has 1 aromatic carbocycles. The van der Waals surface area contributed by atoms with E-state index >= 15 is 0 Å². The minimum Gasteiger partial charge on any atom is -0.390 e. The van der Waals surface area contributed by atoms with Crippen LogP contribution in [0.3, 0.4) is 0 Å². The zero-order valence-electron chi connectivity index (χ0n) is 16.6. The summed E-state index contributed by atoms with van der Waals surface area (Å²) in [4.78, 5) is 29.4. The van der Waals surface area contributed by atoms with Crippen LogP contribution in [0.2, 0.25) is 0 Å². The maximum Gasteiger partial charge on any atom is 0.253 e. The number of amides is 2. The molecule has 1 aromatic rings. The Balaban J connectivity index is 1.58. The Bertz CT molecular complexity index is 657. The van der Waals surface area contributed by atoms with Gasteiger partial charge < -0.3 is 14.9 Å². The molecule has 0 aliphatic carbocycles. The molecule has 0 saturated carbocycles. The highest BCUT2D eigenvalue weighted by molar-refractivity contribution is 5.94. The van der Waals surface area contributed by atoms with E-state index in [9.17, 15) is 14.7 Å². The molecule has 3 rings (SSSR count). The summed E-state index contributed by atoms with van der Waals surface area (Å²) in [6.45, 7) is 6.62. The van der Waals surface area contributed by atoms with Crippen LogP contribution >= 0.6 is 0 Å². The van der Waals surface area contributed by atoms with Gasteiger partial charge in [-0.3, -0.25) is 9.59 Å². The van der Waals surface area contributed by atoms with Gasteiger partial charge in [0.05, 0.1) is 11.5 Å². The molecule has 1 atom stereocenters. The molecule has 2 amide bonds. The lowest BCUT2D eigenvalue weighted by atomic mass is 9.95. The number of likely N-dealkylation sites (tertiary alicyclic amines) is 2. The zero-order valence-corrected chi connectivity index (χ0v) is 16.6. The Morgan fingerprint density at radius 1 is 1.04 bits per heavy atom. The van der Waals surface area contributed by atoms with E-state index in [0.29, 0.717) is 18.5 Å². The molecule has 148 valence electrons. The molecule has 2 saturated heterocycles. The van der Waals surface area contributed by atoms with E-state index in [0.717, 1.165) is 57.3 Å². The largest absolute Gasteiger partial charge is 0.390 e. The fourth-order valence-electron chi connectivity index (χ4n) is 4.01. The first kappa shape index (κ1) is 19.9. The summed E-state index contributed by atoms with van der Waals surface area (Å²) < 4.78 is 0. The van der Waals surface area contributed by atoms with E-state index in [4.69, 9.17) is 0 Å². The van der Waals surface area contributed by atoms with Gasteiger partial charge >= 0.3 is 0 Å². The average Bonchev–Trinajstić information content (AvgIpc) is 3.20. The van der Waals surface area contributed by atoms with Crippen LogP contribution in [-0.2, 0) is 11.2 Å². The number of hydrogen-bond donors (Lipinski definition) is 1. The summed E-state index contributed by atoms with van der Waals surface area (Å²) in [7, 11) is 0. The van der Waals surface area contributed by atoms with Crippen LogP contribution in [0, 0.1) is 5.92 Å². The van der Waals surface area contributed by atoms with Crippen molar-refractivity contribution < 1.29 is 14.7 Å². The molecule has 5 nitrogen and oxygen atoms in total. The van der Waals surface area contributed by atoms with Crippen molar-refractivity contribution in [3.05, 3.63) is 35.4 Å². The monoisotopic (exact) mass is 372 g/mol. The number of aliphatic hydroxyl groups is 1. The number of nitrogens with zero attached hydrogens (tertiary/aromatic N) is 2. The smallest absolute Gasteiger partial charge is 0.253 e. The minimum absolute atomic E-state index is 0.0166. The van der Waals surface area contributed by atoms with E-state index < -0.39 is 5.60 Å². The van der Waals surface area contributed by atoms with Gasteiger partial charge in [-0.2, -0.15) is 0 Å². The number of hydrogen-bond acceptors (Lipinski definition) is 3. The molecular weight excluding hydrogens is 340 g/mol. The fraction of sp³-hybridized carbons (Fsp3) is 0.636. The number of carbonyl (C=O) groups excluding carboxylic acids is 2. The molecule has 5 heteroatoms. The molecule has 27 heavy (non-hydrogen) atoms. The second kappa shape index (κ2) is 8.42. The van der Waals surface area contributed by atoms with Gasteiger partial charge in [-0.15, -0.1) is 0 Å². The average molecular weight is 373 g/mol. The first-order chi connectivity index (χ1) is 12.8. The second-order valence-electron chi connectivity index (χ2n) is 8.63. The topological polar surface area (TPSA) is 60.9 Å². The zero-order chi connectivity index (χ0) is 19.4. The van der Waals surface area contributed by atoms with E-state index in [1.54, 1.807) is 13.8 Å². The summed E-state index contributed by atoms with van der Waals surface area (Å²) in [5.74, 6) is 0.196. The SMILES string of the molecule is CC(C)(O)CCc1ccc(C(=O)N2CCCC(C(=O)N3CCCC3)C2)cc1. The van der Waals surface area contributed by atoms with E-state index in [2.05, 4.69) is 0 Å². The third-order valence-corrected chi connectivity index (χ3v) is 5.70. The van der Waals surface area contributed by atoms with Crippen molar-refractivity contribution in [2.75, 3.05) is 26.2 Å². The number of aryl methyl sites for hydroxylation is 1. The first-order valence-electron chi connectivity index (χ1n) is 10.2. The van der Waals surface area contributed by atoms with Crippen LogP contribution in [0.4, 0.5) is 0 Å². The second-order valence-corrected chi connectivity index (χ2v) is 8.63. The fourth-order valence-corrected chi connectivity index (χ4v) is 4.01. The van der Waals surface area contributed by atoms with Crippen molar-refractivity contribution in [2.24, 2.45) is 5.92 Å². The maximum atomic E-state index is 12.9. The summed E-state index contributed by atoms with van der Waals surface area (Å²) >= 11 is 0. The van der Waals surface area contributed by atoms with Crippen LogP contribution in [0.15, 0.2) is 24.3 Å². The highest BCUT2D eigenvalue weighted by atomic mass is 16.3. The molecule has 0 radical (unpaired) electrons. The summed E-state index contributed by atoms with van der Waals surface area (Å²) in [5.41, 5.74) is 1.12. The lowest BCUT2D eigenvalue weighted by molar-refractivity contribution is -0.135. The van der Waals surface area contributed by atoms with Crippen molar-refractivity contribution in [3.8, 4) is 0 Å². The normalized spacial score (nSPS) is 20.8. The van der Waals surface area contributed by atoms with Crippen LogP contribution in [0.5, 0.6) is 0 Å². The Morgan fingerprint density at radius 2 is 1.67 bits per heavy atom. The van der Waals surface area contributed by atoms with Crippen molar-refractivity contribution in [2.45, 2.75) is 58.0 Å². The standard InChI is InChI=1S/C22H32N2O3/c1-22(2,27)12-11-17-7-9-18(10-8-17)20(25)24-15-5-6-19(16-24)21(26)23-13-3-4-14-23/h7-10,19,27H,3-6,11-16H2,1-2H3. The van der Waals surface area contributed by atoms with Gasteiger partial charge in [0.1, 0.15) is 0 Å². The quantitative estimate of drug-likeness (QED) is 0.865. The van der Waals surface area contributed by atoms with E-state index in [1.807, 2.05) is 34.1 Å². The minimum atomic E-state index is -0.681. The van der Waals surface area contributed by atoms with Crippen molar-refractivity contribution in [1.29, 1.82) is 0 Å². The summed E-state index contributed by atoms with van der Waals surface area (Å²) in [5, 5.41) is 9.85. The molecule has 2 aliphatic rings. The maximum absolute atomic E-state index is 12.9. The highest BCUT2D eigenvalue weighted by Gasteiger charge is 2.32. The predicted molar refractivity (Wildman–Crippen MR) is 106 cm³/mol. The summed E-state index contributed by atoms with van der Waals surface area (Å²) in [6, 6.07) is 7.67. The Kier molecular flexibility index (Phi) is 6.20. The molecule has 2 aliphatic heterocycles. The molecular formula is C22H32N2O3. The molecule has 2 heterocycles. The highest BCUT2D eigenvalue weighted by Crippen LogP contribution is 2.23. The van der Waals surface area contributed by atoms with Gasteiger partial charge in [0.25, 0.3) is 5.91 Å². The van der Waals surface area contributed by atoms with Gasteiger partial charge in [0, 0.05) is 31.7 Å². The number of benzene rings is 1. The molecule has 0 spiro atoms. The lowest BCUT2D eigenvalue weighted by Gasteiger charge is -2.34. The van der Waals surface area contributed by atoms with Crippen LogP contribution in [-0.4, -0.2) is 58.5 Å². The van der Waals surface area contributed by atoms with Crippen LogP contribution in [0.25, 0.3) is 0 Å². The van der Waals surface area contributed by atoms with Crippen LogP contribution in [0.1, 0.15) is 61.9 Å². The molecule has 2 fully saturated rings. The van der Waals surface area contributed by atoms with Gasteiger partial charge in [-0.1, -0.05) is 12.1 Å². The first-order valence-corrected chi connectivity index (χ1v) is 10.2. The van der Waals surface area contributed by atoms with Gasteiger partial charge in [-0.05, 0) is 70.1 Å². The predicted octanol–water partition coefficient (Wildman–Crippen LogP) is 2.86. The van der Waals surface area contributed by atoms with Gasteiger partial charge in [0.2, 0.25) is 5.91 Å². The molecule has 0 aromatic heterocycles. The Hall–Kier alpha value is -1.88. The van der Waals surface area contributed by atoms with Crippen molar-refractivity contribution in [3.63, 3.8) is 0 Å². The lowest BCUT2D eigenvalue weighted by Crippen LogP contribution is -2.46. The molecule has 0 bridgehead atoms. The molecule has 1 unspecified atom stereocenters. The summed E-state index contributed by atoms with van der Waals surface area (Å²) in [6.07, 6.45) is 5.44.